The summed E-state index contributed by atoms with van der Waals surface area (Å²) in [6.45, 7) is 4.24. The summed E-state index contributed by atoms with van der Waals surface area (Å²) in [5.41, 5.74) is 1.60. The molecule has 1 amide bonds. The fourth-order valence-corrected chi connectivity index (χ4v) is 5.57. The van der Waals surface area contributed by atoms with Gasteiger partial charge >= 0.3 is 0 Å². The van der Waals surface area contributed by atoms with E-state index in [2.05, 4.69) is 25.7 Å². The molecule has 0 fully saturated rings. The molecule has 2 aromatic heterocycles. The predicted octanol–water partition coefficient (Wildman–Crippen LogP) is 6.30. The van der Waals surface area contributed by atoms with Gasteiger partial charge in [0.1, 0.15) is 30.3 Å². The molecule has 0 unspecified atom stereocenters. The van der Waals surface area contributed by atoms with Gasteiger partial charge in [-0.25, -0.2) is 19.0 Å². The summed E-state index contributed by atoms with van der Waals surface area (Å²) in [5.74, 6) is 0.963. The first-order valence-electron chi connectivity index (χ1n) is 10.5. The van der Waals surface area contributed by atoms with Gasteiger partial charge in [0.05, 0.1) is 22.8 Å². The number of carbonyl (C=O) groups excluding carboxylic acids is 1. The Hall–Kier alpha value is -2.80. The molecule has 0 spiro atoms. The van der Waals surface area contributed by atoms with E-state index < -0.39 is 5.82 Å². The van der Waals surface area contributed by atoms with Crippen LogP contribution in [0.1, 0.15) is 13.8 Å². The molecule has 4 aromatic rings. The van der Waals surface area contributed by atoms with Crippen molar-refractivity contribution in [3.8, 4) is 5.75 Å². The van der Waals surface area contributed by atoms with Gasteiger partial charge in [-0.05, 0) is 49.2 Å². The molecular formula is C22H20ClFN6O2S3. The molecule has 0 aliphatic rings. The van der Waals surface area contributed by atoms with Crippen LogP contribution in [0.3, 0.4) is 0 Å². The van der Waals surface area contributed by atoms with Gasteiger partial charge in [0.2, 0.25) is 5.91 Å². The summed E-state index contributed by atoms with van der Waals surface area (Å²) < 4.78 is 22.1. The van der Waals surface area contributed by atoms with Gasteiger partial charge in [-0.15, -0.1) is 0 Å². The quantitative estimate of drug-likeness (QED) is 0.185. The second-order valence-corrected chi connectivity index (χ2v) is 10.6. The Morgan fingerprint density at radius 3 is 2.86 bits per heavy atom. The number of nitrogens with zero attached hydrogens (tertiary/aromatic N) is 4. The number of aromatic nitrogens is 4. The average Bonchev–Trinajstić information content (AvgIpc) is 3.16. The first kappa shape index (κ1) is 25.3. The van der Waals surface area contributed by atoms with Crippen LogP contribution in [-0.2, 0) is 11.3 Å². The van der Waals surface area contributed by atoms with E-state index in [1.54, 1.807) is 30.0 Å². The molecule has 0 bridgehead atoms. The number of anilines is 3. The van der Waals surface area contributed by atoms with E-state index in [4.69, 9.17) is 28.6 Å². The van der Waals surface area contributed by atoms with Crippen molar-refractivity contribution >= 4 is 80.9 Å². The molecule has 182 valence electrons. The fourth-order valence-electron chi connectivity index (χ4n) is 3.16. The van der Waals surface area contributed by atoms with Crippen molar-refractivity contribution in [3.05, 3.63) is 51.5 Å². The van der Waals surface area contributed by atoms with E-state index >= 15 is 0 Å². The van der Waals surface area contributed by atoms with Gasteiger partial charge in [-0.3, -0.25) is 4.79 Å². The lowest BCUT2D eigenvalue weighted by atomic mass is 10.1. The first-order valence-corrected chi connectivity index (χ1v) is 13.1. The largest absolute Gasteiger partial charge is 0.492 e. The molecule has 0 aliphatic carbocycles. The number of amides is 1. The molecule has 13 heteroatoms. The Kier molecular flexibility index (Phi) is 8.16. The van der Waals surface area contributed by atoms with Crippen molar-refractivity contribution in [1.29, 1.82) is 0 Å². The van der Waals surface area contributed by atoms with Gasteiger partial charge < -0.3 is 15.4 Å². The number of hydrogen-bond donors (Lipinski definition) is 2. The fraction of sp³-hybridized carbons (Fsp3) is 0.227. The van der Waals surface area contributed by atoms with Gasteiger partial charge in [0, 0.05) is 17.1 Å². The Morgan fingerprint density at radius 2 is 2.11 bits per heavy atom. The Balaban J connectivity index is 1.64. The zero-order valence-electron chi connectivity index (χ0n) is 18.7. The van der Waals surface area contributed by atoms with Crippen LogP contribution < -0.4 is 15.4 Å². The van der Waals surface area contributed by atoms with Crippen molar-refractivity contribution in [3.63, 3.8) is 0 Å². The van der Waals surface area contributed by atoms with Crippen LogP contribution >= 0.6 is 46.9 Å². The van der Waals surface area contributed by atoms with Crippen molar-refractivity contribution in [2.45, 2.75) is 24.7 Å². The van der Waals surface area contributed by atoms with E-state index in [0.717, 1.165) is 10.1 Å². The van der Waals surface area contributed by atoms with Crippen molar-refractivity contribution < 1.29 is 13.9 Å². The van der Waals surface area contributed by atoms with Crippen molar-refractivity contribution in [2.24, 2.45) is 0 Å². The number of fused-ring (bicyclic) bond motifs is 1. The van der Waals surface area contributed by atoms with E-state index in [1.165, 1.54) is 34.5 Å². The lowest BCUT2D eigenvalue weighted by molar-refractivity contribution is -0.116. The highest BCUT2D eigenvalue weighted by atomic mass is 35.5. The van der Waals surface area contributed by atoms with Crippen LogP contribution in [-0.4, -0.2) is 38.0 Å². The SMILES string of the molecule is CCOc1cc2ncnc(Nc3ccc(F)c(Cl)c3)c2cc1NC(=O)Cn1nc(SCC)sc1=S. The maximum atomic E-state index is 13.6. The third kappa shape index (κ3) is 6.07. The number of carbonyl (C=O) groups is 1. The van der Waals surface area contributed by atoms with Gasteiger partial charge in [-0.2, -0.15) is 5.10 Å². The highest BCUT2D eigenvalue weighted by molar-refractivity contribution is 8.01. The average molecular weight is 551 g/mol. The molecule has 35 heavy (non-hydrogen) atoms. The molecular weight excluding hydrogens is 531 g/mol. The number of halogens is 2. The molecule has 0 aliphatic heterocycles. The van der Waals surface area contributed by atoms with E-state index in [1.807, 2.05) is 13.8 Å². The van der Waals surface area contributed by atoms with Gasteiger partial charge in [-0.1, -0.05) is 41.6 Å². The molecule has 4 rings (SSSR count). The van der Waals surface area contributed by atoms with Crippen LogP contribution in [0.4, 0.5) is 21.6 Å². The number of rotatable bonds is 9. The van der Waals surface area contributed by atoms with E-state index in [0.29, 0.717) is 44.4 Å². The second kappa shape index (κ2) is 11.3. The number of hydrogen-bond acceptors (Lipinski definition) is 9. The minimum atomic E-state index is -0.517. The third-order valence-corrected chi connectivity index (χ3v) is 7.25. The van der Waals surface area contributed by atoms with Crippen LogP contribution in [0.5, 0.6) is 5.75 Å². The lowest BCUT2D eigenvalue weighted by Crippen LogP contribution is -2.20. The molecule has 0 atom stereocenters. The third-order valence-electron chi connectivity index (χ3n) is 4.64. The lowest BCUT2D eigenvalue weighted by Gasteiger charge is -2.15. The highest BCUT2D eigenvalue weighted by Crippen LogP contribution is 2.34. The van der Waals surface area contributed by atoms with E-state index in [-0.39, 0.29) is 17.5 Å². The molecule has 2 N–H and O–H groups in total. The summed E-state index contributed by atoms with van der Waals surface area (Å²) in [7, 11) is 0. The van der Waals surface area contributed by atoms with E-state index in [9.17, 15) is 9.18 Å². The monoisotopic (exact) mass is 550 g/mol. The van der Waals surface area contributed by atoms with Crippen molar-refractivity contribution in [1.82, 2.24) is 19.7 Å². The molecule has 2 aromatic carbocycles. The number of thioether (sulfide) groups is 1. The van der Waals surface area contributed by atoms with Crippen LogP contribution in [0.25, 0.3) is 10.9 Å². The van der Waals surface area contributed by atoms with Crippen LogP contribution in [0.2, 0.25) is 5.02 Å². The predicted molar refractivity (Wildman–Crippen MR) is 141 cm³/mol. The summed E-state index contributed by atoms with van der Waals surface area (Å²) in [6, 6.07) is 7.73. The zero-order chi connectivity index (χ0) is 24.9. The summed E-state index contributed by atoms with van der Waals surface area (Å²) in [5, 5.41) is 11.0. The number of benzene rings is 2. The molecule has 2 heterocycles. The molecule has 8 nitrogen and oxygen atoms in total. The Morgan fingerprint density at radius 1 is 1.29 bits per heavy atom. The zero-order valence-corrected chi connectivity index (χ0v) is 21.9. The highest BCUT2D eigenvalue weighted by Gasteiger charge is 2.15. The second-order valence-electron chi connectivity index (χ2n) is 7.05. The van der Waals surface area contributed by atoms with Crippen LogP contribution in [0.15, 0.2) is 41.0 Å². The summed E-state index contributed by atoms with van der Waals surface area (Å²) >= 11 is 14.2. The van der Waals surface area contributed by atoms with Crippen molar-refractivity contribution in [2.75, 3.05) is 23.0 Å². The Labute approximate surface area is 218 Å². The van der Waals surface area contributed by atoms with Gasteiger partial charge in [0.15, 0.2) is 8.29 Å². The maximum Gasteiger partial charge on any atom is 0.246 e. The minimum Gasteiger partial charge on any atom is -0.492 e. The smallest absolute Gasteiger partial charge is 0.246 e. The standard InChI is InChI=1S/C22H20ClFN6O2S3/c1-3-32-18-9-16-13(20(26-11-25-16)27-12-5-6-15(24)14(23)7-12)8-17(18)28-19(31)10-30-22(33)35-21(29-30)34-4-2/h5-9,11H,3-4,10H2,1-2H3,(H,28,31)(H,25,26,27). The first-order chi connectivity index (χ1) is 16.9. The molecule has 0 radical (unpaired) electrons. The number of nitrogens with one attached hydrogen (secondary N) is 2. The van der Waals surface area contributed by atoms with Crippen LogP contribution in [0, 0.1) is 9.77 Å². The topological polar surface area (TPSA) is 94.0 Å². The molecule has 0 saturated carbocycles. The maximum absolute atomic E-state index is 13.6. The normalized spacial score (nSPS) is 11.0. The summed E-state index contributed by atoms with van der Waals surface area (Å²) in [6.07, 6.45) is 1.40. The van der Waals surface area contributed by atoms with Gasteiger partial charge in [0.25, 0.3) is 0 Å². The minimum absolute atomic E-state index is 0.0129. The summed E-state index contributed by atoms with van der Waals surface area (Å²) in [4.78, 5) is 21.5. The number of ether oxygens (including phenoxy) is 1. The molecule has 0 saturated heterocycles. The Bertz CT molecular complexity index is 1440.